The van der Waals surface area contributed by atoms with Crippen molar-refractivity contribution in [1.29, 1.82) is 0 Å². The number of nitrogens with one attached hydrogen (secondary N) is 2. The molecule has 6 heteroatoms. The summed E-state index contributed by atoms with van der Waals surface area (Å²) in [5.41, 5.74) is -0.444. The van der Waals surface area contributed by atoms with Gasteiger partial charge in [0.05, 0.1) is 0 Å². The second-order valence-electron chi connectivity index (χ2n) is 7.61. The minimum Gasteiger partial charge on any atom is -0.444 e. The monoisotopic (exact) mass is 340 g/mol. The third-order valence-electron chi connectivity index (χ3n) is 4.02. The molecule has 0 aromatic heterocycles. The maximum absolute atomic E-state index is 12.2. The van der Waals surface area contributed by atoms with E-state index in [-0.39, 0.29) is 6.09 Å². The summed E-state index contributed by atoms with van der Waals surface area (Å²) in [5, 5.41) is 6.69. The van der Waals surface area contributed by atoms with Gasteiger partial charge in [-0.2, -0.15) is 0 Å². The van der Waals surface area contributed by atoms with Gasteiger partial charge in [0, 0.05) is 32.2 Å². The Labute approximate surface area is 147 Å². The molecule has 0 radical (unpaired) electrons. The summed E-state index contributed by atoms with van der Waals surface area (Å²) >= 11 is 0. The SMILES string of the molecule is CCNC(=NCC1CCCN(C(=O)OC(C)(C)C)C1)NC(C)CC. The van der Waals surface area contributed by atoms with E-state index in [2.05, 4.69) is 31.4 Å². The van der Waals surface area contributed by atoms with Crippen molar-refractivity contribution >= 4 is 12.1 Å². The van der Waals surface area contributed by atoms with Crippen molar-refractivity contribution in [2.75, 3.05) is 26.2 Å². The van der Waals surface area contributed by atoms with Crippen LogP contribution < -0.4 is 10.6 Å². The number of ether oxygens (including phenoxy) is 1. The largest absolute Gasteiger partial charge is 0.444 e. The second-order valence-corrected chi connectivity index (χ2v) is 7.61. The Morgan fingerprint density at radius 3 is 2.67 bits per heavy atom. The topological polar surface area (TPSA) is 66.0 Å². The predicted octanol–water partition coefficient (Wildman–Crippen LogP) is 2.99. The van der Waals surface area contributed by atoms with Crippen molar-refractivity contribution < 1.29 is 9.53 Å². The molecule has 24 heavy (non-hydrogen) atoms. The number of carbonyl (C=O) groups excluding carboxylic acids is 1. The Bertz CT molecular complexity index is 418. The Morgan fingerprint density at radius 1 is 1.38 bits per heavy atom. The summed E-state index contributed by atoms with van der Waals surface area (Å²) in [7, 11) is 0. The van der Waals surface area contributed by atoms with Crippen LogP contribution in [0.4, 0.5) is 4.79 Å². The van der Waals surface area contributed by atoms with Crippen LogP contribution >= 0.6 is 0 Å². The van der Waals surface area contributed by atoms with E-state index >= 15 is 0 Å². The number of piperidine rings is 1. The molecule has 0 bridgehead atoms. The van der Waals surface area contributed by atoms with Gasteiger partial charge in [0.15, 0.2) is 5.96 Å². The van der Waals surface area contributed by atoms with E-state index in [1.807, 2.05) is 25.7 Å². The molecule has 2 N–H and O–H groups in total. The van der Waals surface area contributed by atoms with Crippen LogP contribution in [0.1, 0.15) is 60.8 Å². The molecule has 0 spiro atoms. The van der Waals surface area contributed by atoms with Crippen LogP contribution in [0.2, 0.25) is 0 Å². The number of nitrogens with zero attached hydrogens (tertiary/aromatic N) is 2. The van der Waals surface area contributed by atoms with Crippen molar-refractivity contribution in [3.05, 3.63) is 0 Å². The zero-order valence-corrected chi connectivity index (χ0v) is 16.3. The summed E-state index contributed by atoms with van der Waals surface area (Å²) in [5.74, 6) is 1.25. The van der Waals surface area contributed by atoms with E-state index < -0.39 is 5.60 Å². The molecule has 1 aliphatic heterocycles. The maximum Gasteiger partial charge on any atom is 0.410 e. The third kappa shape index (κ3) is 7.88. The molecule has 2 unspecified atom stereocenters. The van der Waals surface area contributed by atoms with Crippen LogP contribution in [0.25, 0.3) is 0 Å². The zero-order chi connectivity index (χ0) is 18.2. The van der Waals surface area contributed by atoms with Gasteiger partial charge in [-0.3, -0.25) is 4.99 Å². The van der Waals surface area contributed by atoms with Gasteiger partial charge in [-0.25, -0.2) is 4.79 Å². The van der Waals surface area contributed by atoms with Gasteiger partial charge in [0.2, 0.25) is 0 Å². The predicted molar refractivity (Wildman–Crippen MR) is 99.4 cm³/mol. The van der Waals surface area contributed by atoms with Crippen molar-refractivity contribution in [2.24, 2.45) is 10.9 Å². The number of amides is 1. The van der Waals surface area contributed by atoms with Gasteiger partial charge in [0.25, 0.3) is 0 Å². The fraction of sp³-hybridized carbons (Fsp3) is 0.889. The lowest BCUT2D eigenvalue weighted by molar-refractivity contribution is 0.0170. The molecule has 6 nitrogen and oxygen atoms in total. The van der Waals surface area contributed by atoms with Gasteiger partial charge in [-0.15, -0.1) is 0 Å². The first kappa shape index (κ1) is 20.6. The average molecular weight is 341 g/mol. The van der Waals surface area contributed by atoms with Crippen LogP contribution in [0.15, 0.2) is 4.99 Å². The molecule has 1 rings (SSSR count). The van der Waals surface area contributed by atoms with Gasteiger partial charge in [0.1, 0.15) is 5.60 Å². The van der Waals surface area contributed by atoms with E-state index in [0.717, 1.165) is 51.4 Å². The van der Waals surface area contributed by atoms with Gasteiger partial charge < -0.3 is 20.3 Å². The Morgan fingerprint density at radius 2 is 2.08 bits per heavy atom. The van der Waals surface area contributed by atoms with Crippen LogP contribution in [-0.4, -0.2) is 54.8 Å². The number of guanidine groups is 1. The molecule has 1 amide bonds. The summed E-state index contributed by atoms with van der Waals surface area (Å²) in [6, 6.07) is 0.396. The fourth-order valence-corrected chi connectivity index (χ4v) is 2.58. The number of likely N-dealkylation sites (tertiary alicyclic amines) is 1. The van der Waals surface area contributed by atoms with Crippen LogP contribution in [0.3, 0.4) is 0 Å². The molecule has 1 aliphatic rings. The minimum atomic E-state index is -0.444. The van der Waals surface area contributed by atoms with Gasteiger partial charge in [-0.05, 0) is 59.8 Å². The highest BCUT2D eigenvalue weighted by molar-refractivity contribution is 5.80. The lowest BCUT2D eigenvalue weighted by Gasteiger charge is -2.33. The number of hydrogen-bond acceptors (Lipinski definition) is 3. The molecular formula is C18H36N4O2. The van der Waals surface area contributed by atoms with Crippen LogP contribution in [-0.2, 0) is 4.74 Å². The molecule has 0 aliphatic carbocycles. The second kappa shape index (κ2) is 9.74. The van der Waals surface area contributed by atoms with Gasteiger partial charge >= 0.3 is 6.09 Å². The number of aliphatic imine (C=N–C) groups is 1. The highest BCUT2D eigenvalue weighted by Gasteiger charge is 2.27. The first-order valence-corrected chi connectivity index (χ1v) is 9.28. The van der Waals surface area contributed by atoms with E-state index in [4.69, 9.17) is 9.73 Å². The normalized spacial score (nSPS) is 20.5. The van der Waals surface area contributed by atoms with Crippen molar-refractivity contribution in [3.8, 4) is 0 Å². The number of hydrogen-bond donors (Lipinski definition) is 2. The number of carbonyl (C=O) groups is 1. The Kier molecular flexibility index (Phi) is 8.36. The summed E-state index contributed by atoms with van der Waals surface area (Å²) in [6.07, 6.45) is 2.96. The molecule has 2 atom stereocenters. The molecule has 0 aromatic carbocycles. The first-order chi connectivity index (χ1) is 11.2. The highest BCUT2D eigenvalue weighted by atomic mass is 16.6. The van der Waals surface area contributed by atoms with Crippen molar-refractivity contribution in [1.82, 2.24) is 15.5 Å². The van der Waals surface area contributed by atoms with E-state index in [9.17, 15) is 4.79 Å². The highest BCUT2D eigenvalue weighted by Crippen LogP contribution is 2.19. The molecule has 0 aromatic rings. The molecule has 1 saturated heterocycles. The van der Waals surface area contributed by atoms with Crippen molar-refractivity contribution in [2.45, 2.75) is 72.4 Å². The summed E-state index contributed by atoms with van der Waals surface area (Å²) in [6.45, 7) is 15.2. The quantitative estimate of drug-likeness (QED) is 0.596. The number of rotatable bonds is 5. The van der Waals surface area contributed by atoms with E-state index in [1.165, 1.54) is 0 Å². The van der Waals surface area contributed by atoms with E-state index in [1.54, 1.807) is 0 Å². The van der Waals surface area contributed by atoms with Crippen molar-refractivity contribution in [3.63, 3.8) is 0 Å². The molecular weight excluding hydrogens is 304 g/mol. The lowest BCUT2D eigenvalue weighted by Crippen LogP contribution is -2.44. The molecule has 1 heterocycles. The molecule has 1 fully saturated rings. The fourth-order valence-electron chi connectivity index (χ4n) is 2.58. The first-order valence-electron chi connectivity index (χ1n) is 9.28. The summed E-state index contributed by atoms with van der Waals surface area (Å²) < 4.78 is 5.48. The average Bonchev–Trinajstić information content (AvgIpc) is 2.51. The lowest BCUT2D eigenvalue weighted by atomic mass is 9.98. The molecule has 0 saturated carbocycles. The Balaban J connectivity index is 2.57. The van der Waals surface area contributed by atoms with E-state index in [0.29, 0.717) is 12.0 Å². The third-order valence-corrected chi connectivity index (χ3v) is 4.02. The standard InChI is InChI=1S/C18H36N4O2/c1-7-14(3)21-16(19-8-2)20-12-15-10-9-11-22(13-15)17(23)24-18(4,5)6/h14-15H,7-13H2,1-6H3,(H2,19,20,21). The zero-order valence-electron chi connectivity index (χ0n) is 16.3. The Hall–Kier alpha value is -1.46. The smallest absolute Gasteiger partial charge is 0.410 e. The van der Waals surface area contributed by atoms with Crippen LogP contribution in [0.5, 0.6) is 0 Å². The maximum atomic E-state index is 12.2. The van der Waals surface area contributed by atoms with Crippen LogP contribution in [0, 0.1) is 5.92 Å². The van der Waals surface area contributed by atoms with Gasteiger partial charge in [-0.1, -0.05) is 6.92 Å². The molecule has 140 valence electrons. The minimum absolute atomic E-state index is 0.208. The summed E-state index contributed by atoms with van der Waals surface area (Å²) in [4.78, 5) is 18.8.